The number of hydrogen-bond acceptors (Lipinski definition) is 11. The molecule has 15 heteroatoms. The second kappa shape index (κ2) is 17.6. The largest absolute Gasteiger partial charge is 0.494 e. The van der Waals surface area contributed by atoms with Crippen molar-refractivity contribution in [3.8, 4) is 17.0 Å². The molecule has 0 aliphatic carbocycles. The van der Waals surface area contributed by atoms with Gasteiger partial charge in [-0.3, -0.25) is 43.9 Å². The molecule has 1 aromatic heterocycles. The fourth-order valence-electron chi connectivity index (χ4n) is 8.89. The highest BCUT2D eigenvalue weighted by molar-refractivity contribution is 7.16. The predicted molar refractivity (Wildman–Crippen MR) is 240 cm³/mol. The van der Waals surface area contributed by atoms with Crippen molar-refractivity contribution in [3.05, 3.63) is 123 Å². The number of fused-ring (bicyclic) bond motifs is 2. The van der Waals surface area contributed by atoms with E-state index in [0.717, 1.165) is 94.7 Å². The summed E-state index contributed by atoms with van der Waals surface area (Å²) in [6.07, 6.45) is 1.96. The van der Waals surface area contributed by atoms with Crippen LogP contribution in [0.15, 0.2) is 84.9 Å². The number of carbonyl (C=O) groups is 6. The first-order chi connectivity index (χ1) is 30.5. The molecule has 1 atom stereocenters. The van der Waals surface area contributed by atoms with Crippen LogP contribution in [-0.2, 0) is 27.2 Å². The lowest BCUT2D eigenvalue weighted by Crippen LogP contribution is -2.54. The average molecular weight is 866 g/mol. The highest BCUT2D eigenvalue weighted by Crippen LogP contribution is 2.37. The second-order valence-electron chi connectivity index (χ2n) is 16.4. The van der Waals surface area contributed by atoms with E-state index < -0.39 is 29.7 Å². The van der Waals surface area contributed by atoms with Crippen molar-refractivity contribution in [1.29, 1.82) is 0 Å². The number of aromatic nitrogens is 1. The SMILES string of the molecule is Cc1ccccc1C(=O)N1CCc2cc(-c3nc(NC(=O)Cc4cccc(OCCCN5CCN(c6ccc7c(c6)C(=O)N(C6CCC(=O)NC6=O)C7=O)CC5)c4)sc3C)ccc21. The molecule has 6 amide bonds. The summed E-state index contributed by atoms with van der Waals surface area (Å²) >= 11 is 1.44. The van der Waals surface area contributed by atoms with Crippen molar-refractivity contribution in [1.82, 2.24) is 20.1 Å². The standard InChI is InChI=1S/C48H47N7O7S/c1-29-7-3-4-10-36(29)45(59)54-19-17-32-27-33(11-14-39(32)54)43-30(2)63-48(51-43)50-42(57)26-31-8-5-9-35(25-31)62-24-6-18-52-20-22-53(23-21-52)34-12-13-37-38(28-34)47(61)55(46(37)60)40-15-16-41(56)49-44(40)58/h3-5,7-14,25,27-28,40H,6,15-24,26H2,1-2H3,(H,49,56,58)(H,50,51,57). The van der Waals surface area contributed by atoms with Crippen LogP contribution in [0.3, 0.4) is 0 Å². The van der Waals surface area contributed by atoms with E-state index in [0.29, 0.717) is 29.6 Å². The Hall–Kier alpha value is -6.71. The maximum atomic E-state index is 13.4. The van der Waals surface area contributed by atoms with Gasteiger partial charge < -0.3 is 19.9 Å². The minimum Gasteiger partial charge on any atom is -0.494 e. The van der Waals surface area contributed by atoms with Gasteiger partial charge in [-0.1, -0.05) is 36.4 Å². The number of hydrogen-bond donors (Lipinski definition) is 2. The zero-order chi connectivity index (χ0) is 43.8. The number of benzene rings is 4. The number of nitrogens with zero attached hydrogens (tertiary/aromatic N) is 5. The zero-order valence-electron chi connectivity index (χ0n) is 35.1. The number of anilines is 3. The fraction of sp³-hybridized carbons (Fsp3) is 0.312. The number of rotatable bonds is 12. The smallest absolute Gasteiger partial charge is 0.262 e. The van der Waals surface area contributed by atoms with Gasteiger partial charge in [-0.05, 0) is 98.3 Å². The summed E-state index contributed by atoms with van der Waals surface area (Å²) in [5.74, 6) is -1.49. The molecule has 14 nitrogen and oxygen atoms in total. The van der Waals surface area contributed by atoms with Gasteiger partial charge in [0.25, 0.3) is 17.7 Å². The van der Waals surface area contributed by atoms with Crippen LogP contribution in [0.1, 0.15) is 71.9 Å². The lowest BCUT2D eigenvalue weighted by atomic mass is 10.0. The highest BCUT2D eigenvalue weighted by atomic mass is 32.1. The molecule has 2 saturated heterocycles. The summed E-state index contributed by atoms with van der Waals surface area (Å²) in [4.78, 5) is 90.2. The molecule has 0 bridgehead atoms. The van der Waals surface area contributed by atoms with Crippen LogP contribution in [0, 0.1) is 13.8 Å². The van der Waals surface area contributed by atoms with Gasteiger partial charge in [-0.2, -0.15) is 0 Å². The molecular formula is C48H47N7O7S. The Labute approximate surface area is 368 Å². The predicted octanol–water partition coefficient (Wildman–Crippen LogP) is 5.80. The van der Waals surface area contributed by atoms with Gasteiger partial charge in [0.2, 0.25) is 17.7 Å². The summed E-state index contributed by atoms with van der Waals surface area (Å²) < 4.78 is 6.09. The summed E-state index contributed by atoms with van der Waals surface area (Å²) in [7, 11) is 0. The molecule has 4 aliphatic rings. The Bertz CT molecular complexity index is 2670. The quantitative estimate of drug-likeness (QED) is 0.116. The third-order valence-electron chi connectivity index (χ3n) is 12.2. The van der Waals surface area contributed by atoms with Crippen molar-refractivity contribution in [2.75, 3.05) is 61.0 Å². The molecule has 4 aromatic carbocycles. The van der Waals surface area contributed by atoms with E-state index in [9.17, 15) is 28.8 Å². The van der Waals surface area contributed by atoms with Crippen LogP contribution in [0.4, 0.5) is 16.5 Å². The van der Waals surface area contributed by atoms with E-state index in [-0.39, 0.29) is 42.2 Å². The number of aryl methyl sites for hydroxylation is 2. The summed E-state index contributed by atoms with van der Waals surface area (Å²) in [5.41, 5.74) is 7.71. The first-order valence-corrected chi connectivity index (χ1v) is 22.1. The first kappa shape index (κ1) is 41.6. The monoisotopic (exact) mass is 865 g/mol. The third kappa shape index (κ3) is 8.58. The Morgan fingerprint density at radius 2 is 1.67 bits per heavy atom. The molecule has 5 heterocycles. The molecule has 4 aliphatic heterocycles. The number of piperidine rings is 1. The Morgan fingerprint density at radius 1 is 0.857 bits per heavy atom. The normalized spacial score (nSPS) is 17.5. The molecule has 0 saturated carbocycles. The number of carbonyl (C=O) groups excluding carboxylic acids is 6. The molecule has 5 aromatic rings. The van der Waals surface area contributed by atoms with Crippen LogP contribution in [0.5, 0.6) is 5.75 Å². The minimum atomic E-state index is -0.988. The van der Waals surface area contributed by atoms with E-state index in [2.05, 4.69) is 26.5 Å². The number of ether oxygens (including phenoxy) is 1. The van der Waals surface area contributed by atoms with E-state index in [1.807, 2.05) is 85.5 Å². The topological polar surface area (TPSA) is 162 Å². The fourth-order valence-corrected chi connectivity index (χ4v) is 9.75. The van der Waals surface area contributed by atoms with Crippen molar-refractivity contribution in [2.45, 2.75) is 52.0 Å². The van der Waals surface area contributed by atoms with Gasteiger partial charge in [0.1, 0.15) is 11.8 Å². The molecule has 1 unspecified atom stereocenters. The summed E-state index contributed by atoms with van der Waals surface area (Å²) in [6, 6.07) is 25.6. The van der Waals surface area contributed by atoms with Gasteiger partial charge in [-0.15, -0.1) is 11.3 Å². The van der Waals surface area contributed by atoms with Crippen LogP contribution in [-0.4, -0.2) is 102 Å². The zero-order valence-corrected chi connectivity index (χ0v) is 36.0. The molecule has 2 N–H and O–H groups in total. The van der Waals surface area contributed by atoms with Gasteiger partial charge in [0.15, 0.2) is 5.13 Å². The van der Waals surface area contributed by atoms with Crippen LogP contribution >= 0.6 is 11.3 Å². The van der Waals surface area contributed by atoms with E-state index in [1.165, 1.54) is 11.3 Å². The van der Waals surface area contributed by atoms with Crippen molar-refractivity contribution in [2.24, 2.45) is 0 Å². The van der Waals surface area contributed by atoms with E-state index >= 15 is 0 Å². The van der Waals surface area contributed by atoms with Crippen molar-refractivity contribution >= 4 is 63.3 Å². The average Bonchev–Trinajstić information content (AvgIpc) is 3.94. The molecule has 9 rings (SSSR count). The Balaban J connectivity index is 0.722. The maximum absolute atomic E-state index is 13.4. The summed E-state index contributed by atoms with van der Waals surface area (Å²) in [6.45, 7) is 9.08. The number of nitrogens with one attached hydrogen (secondary N) is 2. The van der Waals surface area contributed by atoms with Gasteiger partial charge >= 0.3 is 0 Å². The summed E-state index contributed by atoms with van der Waals surface area (Å²) in [5, 5.41) is 5.75. The number of piperazine rings is 1. The Kier molecular flexibility index (Phi) is 11.6. The molecule has 63 heavy (non-hydrogen) atoms. The van der Waals surface area contributed by atoms with Gasteiger partial charge in [-0.25, -0.2) is 4.98 Å². The molecular weight excluding hydrogens is 819 g/mol. The van der Waals surface area contributed by atoms with Crippen molar-refractivity contribution < 1.29 is 33.5 Å². The number of imide groups is 2. The second-order valence-corrected chi connectivity index (χ2v) is 17.6. The van der Waals surface area contributed by atoms with Crippen LogP contribution in [0.2, 0.25) is 0 Å². The third-order valence-corrected chi connectivity index (χ3v) is 13.1. The van der Waals surface area contributed by atoms with E-state index in [1.54, 1.807) is 12.1 Å². The van der Waals surface area contributed by atoms with Gasteiger partial charge in [0, 0.05) is 73.1 Å². The van der Waals surface area contributed by atoms with Crippen LogP contribution < -0.4 is 25.2 Å². The Morgan fingerprint density at radius 3 is 2.48 bits per heavy atom. The maximum Gasteiger partial charge on any atom is 0.262 e. The van der Waals surface area contributed by atoms with Gasteiger partial charge in [0.05, 0.1) is 29.8 Å². The van der Waals surface area contributed by atoms with Crippen LogP contribution in [0.25, 0.3) is 11.3 Å². The minimum absolute atomic E-state index is 0.00984. The lowest BCUT2D eigenvalue weighted by Gasteiger charge is -2.36. The number of amides is 6. The van der Waals surface area contributed by atoms with E-state index in [4.69, 9.17) is 9.72 Å². The molecule has 0 spiro atoms. The first-order valence-electron chi connectivity index (χ1n) is 21.3. The van der Waals surface area contributed by atoms with Crippen molar-refractivity contribution in [3.63, 3.8) is 0 Å². The lowest BCUT2D eigenvalue weighted by molar-refractivity contribution is -0.136. The molecule has 2 fully saturated rings. The molecule has 0 radical (unpaired) electrons. The highest BCUT2D eigenvalue weighted by Gasteiger charge is 2.45. The molecule has 322 valence electrons. The number of thiazole rings is 1.